The molecule has 3 heterocycles. The molecular formula is C26H35BrN2O6. The van der Waals surface area contributed by atoms with E-state index in [1.54, 1.807) is 6.92 Å². The highest BCUT2D eigenvalue weighted by atomic mass is 79.9. The second-order valence-corrected chi connectivity index (χ2v) is 11.2. The van der Waals surface area contributed by atoms with Crippen LogP contribution in [0.4, 0.5) is 5.69 Å². The normalized spacial score (nSPS) is 32.9. The number of carbonyl (C=O) groups excluding carboxylic acids is 3. The minimum absolute atomic E-state index is 0.0623. The lowest BCUT2D eigenvalue weighted by molar-refractivity contribution is -0.155. The van der Waals surface area contributed by atoms with Crippen molar-refractivity contribution in [3.8, 4) is 0 Å². The minimum Gasteiger partial charge on any atom is -0.466 e. The number of aliphatic hydroxyl groups is 1. The van der Waals surface area contributed by atoms with E-state index < -0.39 is 41.6 Å². The van der Waals surface area contributed by atoms with E-state index in [9.17, 15) is 19.5 Å². The summed E-state index contributed by atoms with van der Waals surface area (Å²) in [5.74, 6) is -2.89. The first-order chi connectivity index (χ1) is 16.6. The maximum atomic E-state index is 14.1. The van der Waals surface area contributed by atoms with Gasteiger partial charge in [-0.3, -0.25) is 14.4 Å². The fourth-order valence-corrected chi connectivity index (χ4v) is 7.19. The number of alkyl halides is 1. The third-order valence-electron chi connectivity index (χ3n) is 8.11. The van der Waals surface area contributed by atoms with E-state index in [0.717, 1.165) is 11.1 Å². The van der Waals surface area contributed by atoms with Gasteiger partial charge in [-0.1, -0.05) is 54.4 Å². The molecule has 35 heavy (non-hydrogen) atoms. The third kappa shape index (κ3) is 4.00. The van der Waals surface area contributed by atoms with Crippen LogP contribution in [0.25, 0.3) is 0 Å². The number of anilines is 1. The molecule has 2 amide bonds. The summed E-state index contributed by atoms with van der Waals surface area (Å²) < 4.78 is 11.8. The van der Waals surface area contributed by atoms with E-state index in [-0.39, 0.29) is 35.8 Å². The monoisotopic (exact) mass is 550 g/mol. The maximum absolute atomic E-state index is 14.1. The Kier molecular flexibility index (Phi) is 7.33. The summed E-state index contributed by atoms with van der Waals surface area (Å²) in [6.07, 6.45) is 0.560. The van der Waals surface area contributed by atoms with E-state index in [2.05, 4.69) is 21.2 Å². The molecule has 3 fully saturated rings. The van der Waals surface area contributed by atoms with Crippen molar-refractivity contribution >= 4 is 39.4 Å². The minimum atomic E-state index is -1.19. The quantitative estimate of drug-likeness (QED) is 0.381. The standard InChI is InChI=1S/C26H35BrN2O6/c1-6-13(3)17(12-30)29-22(23(31)28-20-14(4)9-8-10-15(20)5)26-11-16(27)21(35-26)18(19(26)24(29)32)25(33)34-7-2/h8-10,13,16-19,21-22,30H,6-7,11-12H2,1-5H3,(H,28,31)/t13-,16?,17-,18-,19-,21-,22?,26?/m0/s1. The van der Waals surface area contributed by atoms with Crippen LogP contribution in [0.5, 0.6) is 0 Å². The molecular weight excluding hydrogens is 516 g/mol. The number of para-hydroxylation sites is 1. The zero-order chi connectivity index (χ0) is 25.7. The molecule has 0 aliphatic carbocycles. The Morgan fingerprint density at radius 1 is 1.31 bits per heavy atom. The molecule has 3 saturated heterocycles. The first-order valence-electron chi connectivity index (χ1n) is 12.4. The van der Waals surface area contributed by atoms with E-state index in [4.69, 9.17) is 9.47 Å². The van der Waals surface area contributed by atoms with Gasteiger partial charge in [0, 0.05) is 10.5 Å². The zero-order valence-corrected chi connectivity index (χ0v) is 22.5. The Bertz CT molecular complexity index is 997. The van der Waals surface area contributed by atoms with Crippen LogP contribution in [0.2, 0.25) is 0 Å². The number of esters is 1. The van der Waals surface area contributed by atoms with Crippen molar-refractivity contribution in [1.82, 2.24) is 4.90 Å². The molecule has 0 radical (unpaired) electrons. The smallest absolute Gasteiger partial charge is 0.312 e. The van der Waals surface area contributed by atoms with Crippen LogP contribution >= 0.6 is 15.9 Å². The number of rotatable bonds is 8. The summed E-state index contributed by atoms with van der Waals surface area (Å²) in [5, 5.41) is 13.4. The zero-order valence-electron chi connectivity index (χ0n) is 20.9. The van der Waals surface area contributed by atoms with Gasteiger partial charge in [-0.2, -0.15) is 0 Å². The van der Waals surface area contributed by atoms with Gasteiger partial charge in [0.15, 0.2) is 0 Å². The van der Waals surface area contributed by atoms with Gasteiger partial charge in [0.2, 0.25) is 11.8 Å². The molecule has 192 valence electrons. The Morgan fingerprint density at radius 2 is 1.97 bits per heavy atom. The first-order valence-corrected chi connectivity index (χ1v) is 13.3. The summed E-state index contributed by atoms with van der Waals surface area (Å²) in [6, 6.07) is 4.18. The largest absolute Gasteiger partial charge is 0.466 e. The SMILES string of the molecule is CCOC(=O)[C@H]1[C@H]2C(=O)N([C@@H](CO)[C@@H](C)CC)C(C(=O)Nc3c(C)cccc3C)C23CC(Br)[C@@H]1O3. The van der Waals surface area contributed by atoms with Crippen molar-refractivity contribution in [1.29, 1.82) is 0 Å². The molecule has 3 aliphatic rings. The summed E-state index contributed by atoms with van der Waals surface area (Å²) in [4.78, 5) is 42.4. The van der Waals surface area contributed by atoms with Crippen molar-refractivity contribution in [3.05, 3.63) is 29.3 Å². The molecule has 1 aromatic rings. The predicted octanol–water partition coefficient (Wildman–Crippen LogP) is 2.96. The van der Waals surface area contributed by atoms with Crippen molar-refractivity contribution in [2.24, 2.45) is 17.8 Å². The number of ether oxygens (including phenoxy) is 2. The van der Waals surface area contributed by atoms with E-state index >= 15 is 0 Å². The second kappa shape index (κ2) is 9.82. The Hall–Kier alpha value is -1.97. The van der Waals surface area contributed by atoms with Crippen LogP contribution < -0.4 is 5.32 Å². The van der Waals surface area contributed by atoms with Crippen LogP contribution in [0.15, 0.2) is 18.2 Å². The molecule has 8 atom stereocenters. The number of nitrogens with one attached hydrogen (secondary N) is 1. The number of hydrogen-bond donors (Lipinski definition) is 2. The first kappa shape index (κ1) is 26.1. The topological polar surface area (TPSA) is 105 Å². The molecule has 1 spiro atoms. The fourth-order valence-electron chi connectivity index (χ4n) is 6.25. The highest BCUT2D eigenvalue weighted by molar-refractivity contribution is 9.09. The molecule has 8 nitrogen and oxygen atoms in total. The Balaban J connectivity index is 1.81. The molecule has 3 unspecified atom stereocenters. The highest BCUT2D eigenvalue weighted by Crippen LogP contribution is 2.60. The number of nitrogens with zero attached hydrogens (tertiary/aromatic N) is 1. The maximum Gasteiger partial charge on any atom is 0.312 e. The molecule has 0 saturated carbocycles. The van der Waals surface area contributed by atoms with Crippen molar-refractivity contribution in [2.75, 3.05) is 18.5 Å². The van der Waals surface area contributed by atoms with Crippen molar-refractivity contribution < 1.29 is 29.0 Å². The van der Waals surface area contributed by atoms with Gasteiger partial charge in [0.25, 0.3) is 0 Å². The second-order valence-electron chi connectivity index (χ2n) is 10.1. The van der Waals surface area contributed by atoms with Gasteiger partial charge in [-0.25, -0.2) is 0 Å². The summed E-state index contributed by atoms with van der Waals surface area (Å²) in [5.41, 5.74) is 1.32. The fraction of sp³-hybridized carbons (Fsp3) is 0.654. The van der Waals surface area contributed by atoms with Gasteiger partial charge in [-0.05, 0) is 44.2 Å². The van der Waals surface area contributed by atoms with Crippen molar-refractivity contribution in [3.63, 3.8) is 0 Å². The van der Waals surface area contributed by atoms with Gasteiger partial charge < -0.3 is 24.8 Å². The van der Waals surface area contributed by atoms with Gasteiger partial charge in [0.1, 0.15) is 11.6 Å². The number of fused-ring (bicyclic) bond motifs is 1. The predicted molar refractivity (Wildman–Crippen MR) is 134 cm³/mol. The third-order valence-corrected chi connectivity index (χ3v) is 8.95. The number of hydrogen-bond acceptors (Lipinski definition) is 6. The number of benzene rings is 1. The van der Waals surface area contributed by atoms with Crippen LogP contribution in [0.1, 0.15) is 44.7 Å². The molecule has 2 N–H and O–H groups in total. The summed E-state index contributed by atoms with van der Waals surface area (Å²) >= 11 is 3.65. The van der Waals surface area contributed by atoms with Crippen LogP contribution in [0.3, 0.4) is 0 Å². The molecule has 2 bridgehead atoms. The van der Waals surface area contributed by atoms with Crippen LogP contribution in [0, 0.1) is 31.6 Å². The number of likely N-dealkylation sites (tertiary alicyclic amines) is 1. The lowest BCUT2D eigenvalue weighted by Gasteiger charge is -2.39. The highest BCUT2D eigenvalue weighted by Gasteiger charge is 2.77. The lowest BCUT2D eigenvalue weighted by Crippen LogP contribution is -2.57. The van der Waals surface area contributed by atoms with Crippen LogP contribution in [-0.4, -0.2) is 69.6 Å². The van der Waals surface area contributed by atoms with Gasteiger partial charge >= 0.3 is 5.97 Å². The van der Waals surface area contributed by atoms with Crippen LogP contribution in [-0.2, 0) is 23.9 Å². The van der Waals surface area contributed by atoms with E-state index in [0.29, 0.717) is 18.5 Å². The lowest BCUT2D eigenvalue weighted by atomic mass is 9.70. The van der Waals surface area contributed by atoms with Gasteiger partial charge in [-0.15, -0.1) is 0 Å². The number of aryl methyl sites for hydroxylation is 2. The number of amides is 2. The Morgan fingerprint density at radius 3 is 2.54 bits per heavy atom. The Labute approximate surface area is 214 Å². The number of carbonyl (C=O) groups is 3. The number of aliphatic hydroxyl groups excluding tert-OH is 1. The molecule has 3 aliphatic heterocycles. The van der Waals surface area contributed by atoms with Gasteiger partial charge in [0.05, 0.1) is 37.2 Å². The summed E-state index contributed by atoms with van der Waals surface area (Å²) in [7, 11) is 0. The van der Waals surface area contributed by atoms with Crippen molar-refractivity contribution in [2.45, 2.75) is 76.1 Å². The molecule has 0 aromatic heterocycles. The summed E-state index contributed by atoms with van der Waals surface area (Å²) in [6.45, 7) is 9.39. The number of halogens is 1. The molecule has 1 aromatic carbocycles. The molecule has 9 heteroatoms. The van der Waals surface area contributed by atoms with E-state index in [1.165, 1.54) is 4.90 Å². The average Bonchev–Trinajstić information content (AvgIpc) is 3.40. The molecule has 4 rings (SSSR count). The average molecular weight is 551 g/mol. The van der Waals surface area contributed by atoms with E-state index in [1.807, 2.05) is 45.9 Å².